The van der Waals surface area contributed by atoms with Gasteiger partial charge in [-0.1, -0.05) is 79.4 Å². The summed E-state index contributed by atoms with van der Waals surface area (Å²) >= 11 is 0. The summed E-state index contributed by atoms with van der Waals surface area (Å²) in [7, 11) is 0. The third-order valence-corrected chi connectivity index (χ3v) is 8.39. The number of benzene rings is 3. The maximum absolute atomic E-state index is 3.82. The van der Waals surface area contributed by atoms with Crippen LogP contribution in [-0.2, 0) is 13.1 Å². The van der Waals surface area contributed by atoms with Gasteiger partial charge in [-0.05, 0) is 92.9 Å². The molecular weight excluding hydrogens is 573 g/mol. The molecule has 4 aromatic rings. The fourth-order valence-electron chi connectivity index (χ4n) is 5.60. The SMILES string of the molecule is C=CC=CC=C(C=Cc1ccc(N(CC)CC)cc1)NCc1ccccc1C[n+]1ccccc1C=Cc1ccc(N(CC)CC)cc1. The first-order valence-electron chi connectivity index (χ1n) is 16.9. The fourth-order valence-corrected chi connectivity index (χ4v) is 5.60. The zero-order valence-electron chi connectivity index (χ0n) is 28.6. The van der Waals surface area contributed by atoms with Gasteiger partial charge in [0.15, 0.2) is 12.7 Å². The standard InChI is InChI=1S/C43H51N4/c1-6-11-12-19-40(27-21-36-23-29-42(30-24-36)45(7-2)8-3)44-34-38-17-13-14-18-39(38)35-47-33-16-15-20-41(47)28-22-37-25-31-43(32-26-37)46(9-4)10-5/h6,11-33,44H,1,7-10,34-35H2,2-5H3/q+1. The van der Waals surface area contributed by atoms with E-state index in [0.717, 1.165) is 44.1 Å². The summed E-state index contributed by atoms with van der Waals surface area (Å²) in [6, 6.07) is 32.6. The summed E-state index contributed by atoms with van der Waals surface area (Å²) in [5.74, 6) is 0. The van der Waals surface area contributed by atoms with E-state index < -0.39 is 0 Å². The van der Waals surface area contributed by atoms with Crippen LogP contribution in [-0.4, -0.2) is 26.2 Å². The van der Waals surface area contributed by atoms with Gasteiger partial charge in [-0.15, -0.1) is 0 Å². The van der Waals surface area contributed by atoms with Crippen LogP contribution in [0.25, 0.3) is 18.2 Å². The van der Waals surface area contributed by atoms with Crippen LogP contribution < -0.4 is 19.7 Å². The molecule has 1 N–H and O–H groups in total. The molecule has 0 aliphatic carbocycles. The first-order chi connectivity index (χ1) is 23.1. The van der Waals surface area contributed by atoms with Gasteiger partial charge in [0.05, 0.1) is 0 Å². The molecule has 1 aromatic heterocycles. The second-order valence-corrected chi connectivity index (χ2v) is 11.3. The van der Waals surface area contributed by atoms with Crippen molar-refractivity contribution in [3.63, 3.8) is 0 Å². The highest BCUT2D eigenvalue weighted by Crippen LogP contribution is 2.18. The molecule has 1 heterocycles. The number of nitrogens with one attached hydrogen (secondary N) is 1. The van der Waals surface area contributed by atoms with Crippen molar-refractivity contribution >= 4 is 29.6 Å². The summed E-state index contributed by atoms with van der Waals surface area (Å²) in [5, 5.41) is 3.68. The molecule has 4 rings (SSSR count). The minimum atomic E-state index is 0.715. The zero-order valence-corrected chi connectivity index (χ0v) is 28.6. The Morgan fingerprint density at radius 1 is 0.660 bits per heavy atom. The van der Waals surface area contributed by atoms with Crippen molar-refractivity contribution in [2.75, 3.05) is 36.0 Å². The van der Waals surface area contributed by atoms with Gasteiger partial charge in [0.1, 0.15) is 0 Å². The number of hydrogen-bond donors (Lipinski definition) is 1. The van der Waals surface area contributed by atoms with Gasteiger partial charge in [0.25, 0.3) is 0 Å². The lowest BCUT2D eigenvalue weighted by Gasteiger charge is -2.20. The number of nitrogens with zero attached hydrogens (tertiary/aromatic N) is 3. The van der Waals surface area contributed by atoms with Crippen molar-refractivity contribution in [1.29, 1.82) is 0 Å². The van der Waals surface area contributed by atoms with Crippen LogP contribution in [0.15, 0.2) is 140 Å². The summed E-state index contributed by atoms with van der Waals surface area (Å²) in [6.07, 6.45) is 18.7. The van der Waals surface area contributed by atoms with E-state index in [-0.39, 0.29) is 0 Å². The Morgan fingerprint density at radius 3 is 1.83 bits per heavy atom. The van der Waals surface area contributed by atoms with E-state index in [1.54, 1.807) is 6.08 Å². The highest BCUT2D eigenvalue weighted by Gasteiger charge is 2.12. The van der Waals surface area contributed by atoms with Gasteiger partial charge in [-0.3, -0.25) is 0 Å². The Kier molecular flexibility index (Phi) is 13.9. The summed E-state index contributed by atoms with van der Waals surface area (Å²) in [4.78, 5) is 4.72. The van der Waals surface area contributed by atoms with Crippen LogP contribution in [0.4, 0.5) is 11.4 Å². The second kappa shape index (κ2) is 18.8. The molecule has 4 nitrogen and oxygen atoms in total. The van der Waals surface area contributed by atoms with Crippen LogP contribution in [0.3, 0.4) is 0 Å². The molecule has 0 saturated heterocycles. The molecule has 0 aliphatic heterocycles. The molecule has 0 saturated carbocycles. The average molecular weight is 624 g/mol. The monoisotopic (exact) mass is 623 g/mol. The van der Waals surface area contributed by atoms with Gasteiger partial charge in [0, 0.05) is 73.6 Å². The first kappa shape index (κ1) is 34.8. The van der Waals surface area contributed by atoms with Gasteiger partial charge in [0.2, 0.25) is 5.69 Å². The predicted octanol–water partition coefficient (Wildman–Crippen LogP) is 9.31. The largest absolute Gasteiger partial charge is 0.381 e. The van der Waals surface area contributed by atoms with Gasteiger partial charge in [-0.25, -0.2) is 0 Å². The van der Waals surface area contributed by atoms with Crippen LogP contribution >= 0.6 is 0 Å². The highest BCUT2D eigenvalue weighted by atomic mass is 15.1. The molecule has 242 valence electrons. The lowest BCUT2D eigenvalue weighted by molar-refractivity contribution is -0.690. The Bertz CT molecular complexity index is 1650. The molecule has 0 amide bonds. The Morgan fingerprint density at radius 2 is 1.23 bits per heavy atom. The summed E-state index contributed by atoms with van der Waals surface area (Å²) < 4.78 is 2.31. The number of hydrogen-bond acceptors (Lipinski definition) is 3. The lowest BCUT2D eigenvalue weighted by Crippen LogP contribution is -2.37. The molecule has 0 fully saturated rings. The van der Waals surface area contributed by atoms with Crippen LogP contribution in [0.5, 0.6) is 0 Å². The van der Waals surface area contributed by atoms with Crippen molar-refractivity contribution < 1.29 is 4.57 Å². The maximum atomic E-state index is 3.82. The number of pyridine rings is 1. The van der Waals surface area contributed by atoms with E-state index in [0.29, 0.717) is 6.54 Å². The zero-order chi connectivity index (χ0) is 33.3. The minimum absolute atomic E-state index is 0.715. The fraction of sp³-hybridized carbons (Fsp3) is 0.233. The summed E-state index contributed by atoms with van der Waals surface area (Å²) in [6.45, 7) is 18.1. The first-order valence-corrected chi connectivity index (χ1v) is 16.9. The smallest absolute Gasteiger partial charge is 0.205 e. The van der Waals surface area contributed by atoms with Gasteiger partial charge >= 0.3 is 0 Å². The number of anilines is 2. The number of aromatic nitrogens is 1. The Balaban J connectivity index is 1.48. The molecule has 0 atom stereocenters. The van der Waals surface area contributed by atoms with Crippen molar-refractivity contribution in [2.24, 2.45) is 0 Å². The molecule has 0 radical (unpaired) electrons. The van der Waals surface area contributed by atoms with Gasteiger partial charge < -0.3 is 15.1 Å². The number of allylic oxidation sites excluding steroid dienone is 5. The van der Waals surface area contributed by atoms with E-state index in [2.05, 4.69) is 182 Å². The summed E-state index contributed by atoms with van der Waals surface area (Å²) in [5.41, 5.74) is 9.63. The van der Waals surface area contributed by atoms with E-state index in [1.807, 2.05) is 12.2 Å². The maximum Gasteiger partial charge on any atom is 0.205 e. The molecule has 0 spiro atoms. The van der Waals surface area contributed by atoms with E-state index >= 15 is 0 Å². The van der Waals surface area contributed by atoms with Crippen molar-refractivity contribution in [3.8, 4) is 0 Å². The van der Waals surface area contributed by atoms with Gasteiger partial charge in [-0.2, -0.15) is 4.57 Å². The molecular formula is C43H51N4+. The third kappa shape index (κ3) is 10.5. The quantitative estimate of drug-likeness (QED) is 0.0936. The third-order valence-electron chi connectivity index (χ3n) is 8.39. The molecule has 4 heteroatoms. The van der Waals surface area contributed by atoms with Crippen molar-refractivity contribution in [2.45, 2.75) is 40.8 Å². The molecule has 3 aromatic carbocycles. The van der Waals surface area contributed by atoms with Crippen LogP contribution in [0.2, 0.25) is 0 Å². The topological polar surface area (TPSA) is 22.4 Å². The van der Waals surface area contributed by atoms with Crippen LogP contribution in [0.1, 0.15) is 55.6 Å². The molecule has 47 heavy (non-hydrogen) atoms. The second-order valence-electron chi connectivity index (χ2n) is 11.3. The predicted molar refractivity (Wildman–Crippen MR) is 204 cm³/mol. The Labute approximate surface area is 283 Å². The lowest BCUT2D eigenvalue weighted by atomic mass is 10.1. The van der Waals surface area contributed by atoms with E-state index in [4.69, 9.17) is 0 Å². The molecule has 0 unspecified atom stereocenters. The minimum Gasteiger partial charge on any atom is -0.381 e. The number of rotatable bonds is 17. The molecule has 0 bridgehead atoms. The highest BCUT2D eigenvalue weighted by molar-refractivity contribution is 5.68. The van der Waals surface area contributed by atoms with E-state index in [9.17, 15) is 0 Å². The van der Waals surface area contributed by atoms with Crippen LogP contribution in [0, 0.1) is 0 Å². The Hall–Kier alpha value is -5.09. The van der Waals surface area contributed by atoms with Crippen molar-refractivity contribution in [1.82, 2.24) is 5.32 Å². The average Bonchev–Trinajstić information content (AvgIpc) is 3.11. The van der Waals surface area contributed by atoms with E-state index in [1.165, 1.54) is 33.6 Å². The van der Waals surface area contributed by atoms with Crippen molar-refractivity contribution in [3.05, 3.63) is 168 Å². The normalized spacial score (nSPS) is 11.9. The molecule has 0 aliphatic rings.